The van der Waals surface area contributed by atoms with Crippen molar-refractivity contribution in [2.45, 2.75) is 51.6 Å². The topological polar surface area (TPSA) is 30.0 Å². The first kappa shape index (κ1) is 15.5. The molecule has 1 aromatic rings. The molecule has 0 amide bonds. The number of aromatic nitrogens is 1. The molecule has 1 saturated carbocycles. The number of carbonyl (C=O) groups excluding carboxylic acids is 1. The Balaban J connectivity index is 2.26. The van der Waals surface area contributed by atoms with Crippen molar-refractivity contribution >= 4 is 17.1 Å². The van der Waals surface area contributed by atoms with E-state index >= 15 is 0 Å². The van der Waals surface area contributed by atoms with Crippen molar-refractivity contribution in [1.29, 1.82) is 0 Å². The maximum Gasteiger partial charge on any atom is 0.443 e. The SMILES string of the molecule is CC1CCC(C(C)(C)c2cnc(C(F)(F)F)s2)C(=O)C1. The highest BCUT2D eigenvalue weighted by molar-refractivity contribution is 7.11. The molecule has 0 bridgehead atoms. The fourth-order valence-corrected chi connectivity index (χ4v) is 3.78. The van der Waals surface area contributed by atoms with E-state index in [9.17, 15) is 18.0 Å². The number of halogens is 3. The average Bonchev–Trinajstić information content (AvgIpc) is 2.77. The Kier molecular flexibility index (Phi) is 3.97. The summed E-state index contributed by atoms with van der Waals surface area (Å²) in [4.78, 5) is 16.2. The van der Waals surface area contributed by atoms with Crippen LogP contribution in [-0.2, 0) is 16.4 Å². The van der Waals surface area contributed by atoms with E-state index in [1.54, 1.807) is 0 Å². The third-order valence-corrected chi connectivity index (χ3v) is 5.52. The maximum absolute atomic E-state index is 12.6. The number of ketones is 1. The van der Waals surface area contributed by atoms with Crippen LogP contribution in [0.5, 0.6) is 0 Å². The Labute approximate surface area is 120 Å². The van der Waals surface area contributed by atoms with Gasteiger partial charge >= 0.3 is 6.18 Å². The third kappa shape index (κ3) is 2.90. The van der Waals surface area contributed by atoms with Gasteiger partial charge in [0.15, 0.2) is 5.01 Å². The molecular weight excluding hydrogens is 287 g/mol. The Morgan fingerprint density at radius 3 is 2.45 bits per heavy atom. The molecule has 0 spiro atoms. The summed E-state index contributed by atoms with van der Waals surface area (Å²) < 4.78 is 37.9. The predicted octanol–water partition coefficient (Wildman–Crippen LogP) is 4.44. The molecule has 20 heavy (non-hydrogen) atoms. The predicted molar refractivity (Wildman–Crippen MR) is 71.7 cm³/mol. The van der Waals surface area contributed by atoms with Crippen molar-refractivity contribution in [3.63, 3.8) is 0 Å². The first-order chi connectivity index (χ1) is 9.12. The van der Waals surface area contributed by atoms with E-state index in [-0.39, 0.29) is 11.7 Å². The fraction of sp³-hybridized carbons (Fsp3) is 0.714. The van der Waals surface area contributed by atoms with Crippen molar-refractivity contribution in [1.82, 2.24) is 4.98 Å². The van der Waals surface area contributed by atoms with Crippen LogP contribution in [0.15, 0.2) is 6.20 Å². The zero-order chi connectivity index (χ0) is 15.1. The summed E-state index contributed by atoms with van der Waals surface area (Å²) in [5.74, 6) is 0.331. The Morgan fingerprint density at radius 2 is 1.95 bits per heavy atom. The zero-order valence-corrected chi connectivity index (χ0v) is 12.6. The van der Waals surface area contributed by atoms with Gasteiger partial charge in [-0.3, -0.25) is 4.79 Å². The van der Waals surface area contributed by atoms with E-state index in [0.717, 1.165) is 12.8 Å². The number of rotatable bonds is 2. The van der Waals surface area contributed by atoms with Crippen LogP contribution in [0.2, 0.25) is 0 Å². The lowest BCUT2D eigenvalue weighted by Crippen LogP contribution is -2.37. The zero-order valence-electron chi connectivity index (χ0n) is 11.8. The van der Waals surface area contributed by atoms with Crippen molar-refractivity contribution in [2.75, 3.05) is 0 Å². The van der Waals surface area contributed by atoms with Crippen molar-refractivity contribution in [3.05, 3.63) is 16.1 Å². The molecule has 112 valence electrons. The van der Waals surface area contributed by atoms with Crippen molar-refractivity contribution < 1.29 is 18.0 Å². The molecule has 6 heteroatoms. The number of hydrogen-bond acceptors (Lipinski definition) is 3. The molecule has 1 aliphatic carbocycles. The summed E-state index contributed by atoms with van der Waals surface area (Å²) in [5, 5.41) is -0.836. The normalized spacial score (nSPS) is 25.0. The number of nitrogens with zero attached hydrogens (tertiary/aromatic N) is 1. The van der Waals surface area contributed by atoms with E-state index in [1.165, 1.54) is 6.20 Å². The Morgan fingerprint density at radius 1 is 1.30 bits per heavy atom. The molecule has 0 aliphatic heterocycles. The van der Waals surface area contributed by atoms with E-state index in [2.05, 4.69) is 4.98 Å². The highest BCUT2D eigenvalue weighted by Gasteiger charge is 2.42. The van der Waals surface area contributed by atoms with Gasteiger partial charge in [0.1, 0.15) is 5.78 Å². The van der Waals surface area contributed by atoms with Gasteiger partial charge in [0.05, 0.1) is 0 Å². The van der Waals surface area contributed by atoms with Gasteiger partial charge < -0.3 is 0 Å². The molecule has 1 fully saturated rings. The van der Waals surface area contributed by atoms with Gasteiger partial charge in [0, 0.05) is 28.8 Å². The minimum atomic E-state index is -4.41. The van der Waals surface area contributed by atoms with Gasteiger partial charge in [-0.1, -0.05) is 20.8 Å². The largest absolute Gasteiger partial charge is 0.443 e. The number of thiazole rings is 1. The lowest BCUT2D eigenvalue weighted by atomic mass is 9.68. The lowest BCUT2D eigenvalue weighted by Gasteiger charge is -2.36. The van der Waals surface area contributed by atoms with Crippen LogP contribution in [0.1, 0.15) is 49.9 Å². The first-order valence-corrected chi connectivity index (χ1v) is 7.50. The van der Waals surface area contributed by atoms with Crippen LogP contribution < -0.4 is 0 Å². The molecule has 0 saturated heterocycles. The minimum absolute atomic E-state index is 0.163. The van der Waals surface area contributed by atoms with Crippen LogP contribution >= 0.6 is 11.3 Å². The highest BCUT2D eigenvalue weighted by Crippen LogP contribution is 2.44. The number of hydrogen-bond donors (Lipinski definition) is 0. The van der Waals surface area contributed by atoms with Crippen LogP contribution in [0.3, 0.4) is 0 Å². The summed E-state index contributed by atoms with van der Waals surface area (Å²) >= 11 is 0.655. The second-order valence-electron chi connectivity index (χ2n) is 6.15. The molecule has 0 N–H and O–H groups in total. The highest BCUT2D eigenvalue weighted by atomic mass is 32.1. The van der Waals surface area contributed by atoms with Gasteiger partial charge in [-0.15, -0.1) is 11.3 Å². The average molecular weight is 305 g/mol. The van der Waals surface area contributed by atoms with Crippen LogP contribution in [0.4, 0.5) is 13.2 Å². The molecular formula is C14H18F3NOS. The van der Waals surface area contributed by atoms with Crippen molar-refractivity contribution in [2.24, 2.45) is 11.8 Å². The molecule has 1 heterocycles. The third-order valence-electron chi connectivity index (χ3n) is 4.14. The van der Waals surface area contributed by atoms with Crippen LogP contribution in [-0.4, -0.2) is 10.8 Å². The summed E-state index contributed by atoms with van der Waals surface area (Å²) in [6.07, 6.45) is -0.918. The van der Waals surface area contributed by atoms with Gasteiger partial charge in [-0.05, 0) is 18.8 Å². The molecule has 1 aromatic heterocycles. The Hall–Kier alpha value is -0.910. The molecule has 2 atom stereocenters. The molecule has 0 aromatic carbocycles. The minimum Gasteiger partial charge on any atom is -0.299 e. The van der Waals surface area contributed by atoms with Gasteiger partial charge in [0.2, 0.25) is 0 Å². The lowest BCUT2D eigenvalue weighted by molar-refractivity contribution is -0.137. The second kappa shape index (κ2) is 5.13. The smallest absolute Gasteiger partial charge is 0.299 e. The van der Waals surface area contributed by atoms with Gasteiger partial charge in [-0.2, -0.15) is 13.2 Å². The van der Waals surface area contributed by atoms with Crippen LogP contribution in [0.25, 0.3) is 0 Å². The summed E-state index contributed by atoms with van der Waals surface area (Å²) in [6, 6.07) is 0. The molecule has 2 nitrogen and oxygen atoms in total. The summed E-state index contributed by atoms with van der Waals surface area (Å²) in [6.45, 7) is 5.73. The van der Waals surface area contributed by atoms with E-state index < -0.39 is 16.6 Å². The van der Waals surface area contributed by atoms with E-state index in [1.807, 2.05) is 20.8 Å². The van der Waals surface area contributed by atoms with Crippen LogP contribution in [0, 0.1) is 11.8 Å². The standard InChI is InChI=1S/C14H18F3NOS/c1-8-4-5-9(10(19)6-8)13(2,3)11-7-18-12(20-11)14(15,16)17/h7-9H,4-6H2,1-3H3. The molecule has 2 rings (SSSR count). The first-order valence-electron chi connectivity index (χ1n) is 6.68. The van der Waals surface area contributed by atoms with Gasteiger partial charge in [-0.25, -0.2) is 4.98 Å². The number of carbonyl (C=O) groups is 1. The second-order valence-corrected chi connectivity index (χ2v) is 7.19. The Bertz CT molecular complexity index is 507. The van der Waals surface area contributed by atoms with Crippen molar-refractivity contribution in [3.8, 4) is 0 Å². The van der Waals surface area contributed by atoms with Gasteiger partial charge in [0.25, 0.3) is 0 Å². The van der Waals surface area contributed by atoms with E-state index in [4.69, 9.17) is 0 Å². The quantitative estimate of drug-likeness (QED) is 0.808. The van der Waals surface area contributed by atoms with E-state index in [0.29, 0.717) is 28.6 Å². The molecule has 2 unspecified atom stereocenters. The maximum atomic E-state index is 12.6. The summed E-state index contributed by atoms with van der Waals surface area (Å²) in [7, 11) is 0. The fourth-order valence-electron chi connectivity index (χ4n) is 2.84. The number of Topliss-reactive ketones (excluding diaryl/α,β-unsaturated/α-hetero) is 1. The summed E-state index contributed by atoms with van der Waals surface area (Å²) in [5.41, 5.74) is -0.585. The number of alkyl halides is 3. The molecule has 0 radical (unpaired) electrons. The molecule has 1 aliphatic rings. The monoisotopic (exact) mass is 305 g/mol.